The average molecular weight is 356 g/mol. The Morgan fingerprint density at radius 1 is 1.33 bits per heavy atom. The van der Waals surface area contributed by atoms with E-state index in [1.807, 2.05) is 58.9 Å². The average Bonchev–Trinajstić information content (AvgIpc) is 2.64. The van der Waals surface area contributed by atoms with E-state index < -0.39 is 11.3 Å². The number of carbonyl (C=O) groups is 1. The molecule has 4 nitrogen and oxygen atoms in total. The smallest absolute Gasteiger partial charge is 0.413 e. The number of nitrogens with zero attached hydrogens (tertiary/aromatic N) is 1. The van der Waals surface area contributed by atoms with Crippen molar-refractivity contribution in [2.75, 3.05) is 6.61 Å². The van der Waals surface area contributed by atoms with Gasteiger partial charge in [0.25, 0.3) is 0 Å². The summed E-state index contributed by atoms with van der Waals surface area (Å²) in [7, 11) is 0. The van der Waals surface area contributed by atoms with Crippen LogP contribution in [0.15, 0.2) is 28.7 Å². The molecule has 1 aromatic carbocycles. The first-order valence-corrected chi connectivity index (χ1v) is 7.81. The van der Waals surface area contributed by atoms with Crippen molar-refractivity contribution in [1.29, 1.82) is 0 Å². The zero-order valence-electron chi connectivity index (χ0n) is 13.1. The Hall–Kier alpha value is -1.07. The summed E-state index contributed by atoms with van der Waals surface area (Å²) in [6.07, 6.45) is -0.349. The highest BCUT2D eigenvalue weighted by Crippen LogP contribution is 2.38. The van der Waals surface area contributed by atoms with Crippen LogP contribution in [0.2, 0.25) is 0 Å². The van der Waals surface area contributed by atoms with Crippen LogP contribution in [0, 0.1) is 0 Å². The molecule has 1 aliphatic rings. The second kappa shape index (κ2) is 5.61. The molecule has 116 valence electrons. The van der Waals surface area contributed by atoms with Gasteiger partial charge in [-0.3, -0.25) is 4.90 Å². The monoisotopic (exact) mass is 355 g/mol. The third-order valence-corrected chi connectivity index (χ3v) is 3.86. The van der Waals surface area contributed by atoms with Crippen LogP contribution in [0.4, 0.5) is 4.79 Å². The van der Waals surface area contributed by atoms with E-state index in [1.54, 1.807) is 4.90 Å². The normalized spacial score (nSPS) is 21.4. The summed E-state index contributed by atoms with van der Waals surface area (Å²) >= 11 is 3.42. The molecule has 5 heteroatoms. The first-order chi connectivity index (χ1) is 9.60. The van der Waals surface area contributed by atoms with Gasteiger partial charge < -0.3 is 9.47 Å². The molecule has 0 unspecified atom stereocenters. The Balaban J connectivity index is 2.28. The zero-order valence-corrected chi connectivity index (χ0v) is 14.7. The van der Waals surface area contributed by atoms with Crippen molar-refractivity contribution < 1.29 is 14.3 Å². The molecule has 2 rings (SSSR count). The fraction of sp³-hybridized carbons (Fsp3) is 0.562. The molecule has 21 heavy (non-hydrogen) atoms. The predicted octanol–water partition coefficient (Wildman–Crippen LogP) is 4.49. The van der Waals surface area contributed by atoms with Gasteiger partial charge in [0.2, 0.25) is 0 Å². The zero-order chi connectivity index (χ0) is 15.8. The Morgan fingerprint density at radius 2 is 1.90 bits per heavy atom. The summed E-state index contributed by atoms with van der Waals surface area (Å²) in [4.78, 5) is 14.2. The minimum atomic E-state index is -0.680. The van der Waals surface area contributed by atoms with E-state index in [0.717, 1.165) is 10.0 Å². The number of hydrogen-bond acceptors (Lipinski definition) is 3. The maximum atomic E-state index is 12.5. The molecule has 0 spiro atoms. The van der Waals surface area contributed by atoms with Gasteiger partial charge in [-0.15, -0.1) is 0 Å². The van der Waals surface area contributed by atoms with Crippen LogP contribution >= 0.6 is 15.9 Å². The largest absolute Gasteiger partial charge is 0.444 e. The summed E-state index contributed by atoms with van der Waals surface area (Å²) in [5, 5.41) is 0. The predicted molar refractivity (Wildman–Crippen MR) is 85.0 cm³/mol. The lowest BCUT2D eigenvalue weighted by atomic mass is 10.1. The number of rotatable bonds is 1. The van der Waals surface area contributed by atoms with E-state index in [4.69, 9.17) is 9.47 Å². The Labute approximate surface area is 134 Å². The van der Waals surface area contributed by atoms with Crippen LogP contribution in [0.5, 0.6) is 0 Å². The van der Waals surface area contributed by atoms with E-state index in [2.05, 4.69) is 15.9 Å². The third kappa shape index (κ3) is 3.77. The third-order valence-electron chi connectivity index (χ3n) is 3.33. The Bertz CT molecular complexity index is 519. The van der Waals surface area contributed by atoms with Crippen LogP contribution < -0.4 is 0 Å². The molecule has 1 heterocycles. The van der Waals surface area contributed by atoms with Crippen molar-refractivity contribution in [3.05, 3.63) is 34.3 Å². The van der Waals surface area contributed by atoms with E-state index >= 15 is 0 Å². The number of amides is 1. The van der Waals surface area contributed by atoms with Crippen molar-refractivity contribution in [2.24, 2.45) is 0 Å². The molecular weight excluding hydrogens is 334 g/mol. The Morgan fingerprint density at radius 3 is 2.43 bits per heavy atom. The topological polar surface area (TPSA) is 38.8 Å². The van der Waals surface area contributed by atoms with Crippen LogP contribution in [0.25, 0.3) is 0 Å². The molecule has 0 bridgehead atoms. The summed E-state index contributed by atoms with van der Waals surface area (Å²) < 4.78 is 12.3. The molecule has 1 amide bonds. The number of hydrogen-bond donors (Lipinski definition) is 0. The lowest BCUT2D eigenvalue weighted by molar-refractivity contribution is -0.0626. The van der Waals surface area contributed by atoms with Crippen molar-refractivity contribution in [3.63, 3.8) is 0 Å². The maximum Gasteiger partial charge on any atom is 0.413 e. The van der Waals surface area contributed by atoms with Crippen LogP contribution in [0.3, 0.4) is 0 Å². The van der Waals surface area contributed by atoms with Crippen LogP contribution in [-0.4, -0.2) is 28.9 Å². The second-order valence-electron chi connectivity index (χ2n) is 6.68. The molecule has 1 fully saturated rings. The quantitative estimate of drug-likeness (QED) is 0.744. The summed E-state index contributed by atoms with van der Waals surface area (Å²) in [5.74, 6) is 0. The molecule has 0 aromatic heterocycles. The SMILES string of the molecule is CC(C)(C)OC(=O)N1[C@@H](c2ccc(Br)cc2)COC1(C)C. The van der Waals surface area contributed by atoms with Crippen LogP contribution in [-0.2, 0) is 9.47 Å². The summed E-state index contributed by atoms with van der Waals surface area (Å²) in [6, 6.07) is 7.79. The molecule has 1 atom stereocenters. The molecule has 0 saturated carbocycles. The van der Waals surface area contributed by atoms with Gasteiger partial charge in [-0.05, 0) is 52.3 Å². The number of benzene rings is 1. The van der Waals surface area contributed by atoms with E-state index in [1.165, 1.54) is 0 Å². The Kier molecular flexibility index (Phi) is 4.36. The molecule has 1 aromatic rings. The van der Waals surface area contributed by atoms with Gasteiger partial charge in [0.1, 0.15) is 11.3 Å². The first-order valence-electron chi connectivity index (χ1n) is 7.02. The number of carbonyl (C=O) groups excluding carboxylic acids is 1. The van der Waals surface area contributed by atoms with Crippen LogP contribution in [0.1, 0.15) is 46.2 Å². The minimum absolute atomic E-state index is 0.136. The standard InChI is InChI=1S/C16H22BrNO3/c1-15(2,3)21-14(19)18-13(10-20-16(18,4)5)11-6-8-12(17)9-7-11/h6-9,13H,10H2,1-5H3/t13-/m1/s1. The van der Waals surface area contributed by atoms with Crippen molar-refractivity contribution in [3.8, 4) is 0 Å². The van der Waals surface area contributed by atoms with Gasteiger partial charge in [-0.25, -0.2) is 4.79 Å². The van der Waals surface area contributed by atoms with Gasteiger partial charge in [-0.2, -0.15) is 0 Å². The lowest BCUT2D eigenvalue weighted by Crippen LogP contribution is -2.47. The van der Waals surface area contributed by atoms with Gasteiger partial charge in [-0.1, -0.05) is 28.1 Å². The van der Waals surface area contributed by atoms with Crippen molar-refractivity contribution >= 4 is 22.0 Å². The molecule has 1 aliphatic heterocycles. The van der Waals surface area contributed by atoms with Gasteiger partial charge in [0.15, 0.2) is 0 Å². The summed E-state index contributed by atoms with van der Waals surface area (Å²) in [6.45, 7) is 9.83. The number of halogens is 1. The highest BCUT2D eigenvalue weighted by atomic mass is 79.9. The minimum Gasteiger partial charge on any atom is -0.444 e. The molecule has 0 N–H and O–H groups in total. The highest BCUT2D eigenvalue weighted by Gasteiger charge is 2.46. The van der Waals surface area contributed by atoms with E-state index in [0.29, 0.717) is 6.61 Å². The highest BCUT2D eigenvalue weighted by molar-refractivity contribution is 9.10. The van der Waals surface area contributed by atoms with Gasteiger partial charge in [0.05, 0.1) is 12.6 Å². The fourth-order valence-corrected chi connectivity index (χ4v) is 2.65. The molecular formula is C16H22BrNO3. The second-order valence-corrected chi connectivity index (χ2v) is 7.59. The van der Waals surface area contributed by atoms with Crippen molar-refractivity contribution in [2.45, 2.75) is 52.0 Å². The summed E-state index contributed by atoms with van der Waals surface area (Å²) in [5.41, 5.74) is -0.172. The van der Waals surface area contributed by atoms with Crippen molar-refractivity contribution in [1.82, 2.24) is 4.90 Å². The van der Waals surface area contributed by atoms with E-state index in [9.17, 15) is 4.79 Å². The van der Waals surface area contributed by atoms with E-state index in [-0.39, 0.29) is 12.1 Å². The molecule has 1 saturated heterocycles. The van der Waals surface area contributed by atoms with Gasteiger partial charge >= 0.3 is 6.09 Å². The lowest BCUT2D eigenvalue weighted by Gasteiger charge is -2.35. The van der Waals surface area contributed by atoms with Gasteiger partial charge in [0, 0.05) is 4.47 Å². The fourth-order valence-electron chi connectivity index (χ4n) is 2.39. The first kappa shape index (κ1) is 16.3. The molecule has 0 radical (unpaired) electrons. The number of ether oxygens (including phenoxy) is 2. The molecule has 0 aliphatic carbocycles. The maximum absolute atomic E-state index is 12.5.